The number of likely N-dealkylation sites (N-methyl/N-ethyl adjacent to an activating group) is 1. The second-order valence-corrected chi connectivity index (χ2v) is 4.97. The molecule has 1 aromatic rings. The van der Waals surface area contributed by atoms with Gasteiger partial charge in [0.05, 0.1) is 11.3 Å². The molecule has 0 bridgehead atoms. The molecule has 3 N–H and O–H groups in total. The first-order chi connectivity index (χ1) is 8.50. The van der Waals surface area contributed by atoms with Gasteiger partial charge in [0.2, 0.25) is 0 Å². The molecule has 100 valence electrons. The quantitative estimate of drug-likeness (QED) is 0.579. The van der Waals surface area contributed by atoms with Crippen LogP contribution < -0.4 is 10.6 Å². The molecule has 1 aliphatic rings. The Morgan fingerprint density at radius 3 is 2.61 bits per heavy atom. The van der Waals surface area contributed by atoms with Gasteiger partial charge >= 0.3 is 0 Å². The van der Waals surface area contributed by atoms with Crippen molar-refractivity contribution >= 4 is 11.7 Å². The van der Waals surface area contributed by atoms with Gasteiger partial charge in [-0.25, -0.2) is 0 Å². The number of rotatable bonds is 2. The van der Waals surface area contributed by atoms with Gasteiger partial charge in [0.25, 0.3) is 0 Å². The van der Waals surface area contributed by atoms with Crippen LogP contribution in [-0.4, -0.2) is 53.7 Å². The van der Waals surface area contributed by atoms with Gasteiger partial charge in [-0.2, -0.15) is 5.10 Å². The lowest BCUT2D eigenvalue weighted by atomic mass is 10.2. The van der Waals surface area contributed by atoms with E-state index in [1.54, 1.807) is 0 Å². The maximum absolute atomic E-state index is 7.73. The van der Waals surface area contributed by atoms with E-state index in [9.17, 15) is 0 Å². The number of aryl methyl sites for hydroxylation is 2. The first-order valence-electron chi connectivity index (χ1n) is 6.32. The van der Waals surface area contributed by atoms with Crippen LogP contribution in [0.4, 0.5) is 5.82 Å². The van der Waals surface area contributed by atoms with Gasteiger partial charge in [-0.1, -0.05) is 0 Å². The van der Waals surface area contributed by atoms with E-state index in [1.807, 2.05) is 18.7 Å². The summed E-state index contributed by atoms with van der Waals surface area (Å²) in [6, 6.07) is 0. The summed E-state index contributed by atoms with van der Waals surface area (Å²) in [6.45, 7) is 5.99. The zero-order chi connectivity index (χ0) is 13.3. The van der Waals surface area contributed by atoms with Gasteiger partial charge in [0.1, 0.15) is 11.7 Å². The van der Waals surface area contributed by atoms with Crippen LogP contribution in [0.15, 0.2) is 0 Å². The molecule has 0 amide bonds. The minimum Gasteiger partial charge on any atom is -0.384 e. The fraction of sp³-hybridized carbons (Fsp3) is 0.667. The van der Waals surface area contributed by atoms with Gasteiger partial charge in [-0.05, 0) is 26.9 Å². The van der Waals surface area contributed by atoms with Crippen LogP contribution >= 0.6 is 0 Å². The van der Waals surface area contributed by atoms with Gasteiger partial charge in [0, 0.05) is 26.7 Å². The van der Waals surface area contributed by atoms with Crippen molar-refractivity contribution < 1.29 is 0 Å². The molecule has 1 saturated heterocycles. The zero-order valence-electron chi connectivity index (χ0n) is 11.4. The summed E-state index contributed by atoms with van der Waals surface area (Å²) in [5.41, 5.74) is 7.31. The lowest BCUT2D eigenvalue weighted by molar-refractivity contribution is 0.360. The molecule has 0 aliphatic carbocycles. The van der Waals surface area contributed by atoms with Crippen molar-refractivity contribution in [1.29, 1.82) is 5.41 Å². The molecule has 0 unspecified atom stereocenters. The fourth-order valence-electron chi connectivity index (χ4n) is 2.58. The van der Waals surface area contributed by atoms with Crippen LogP contribution in [0, 0.1) is 12.3 Å². The Hall–Kier alpha value is -1.56. The number of anilines is 1. The molecule has 1 aromatic heterocycles. The molecule has 0 atom stereocenters. The van der Waals surface area contributed by atoms with Gasteiger partial charge < -0.3 is 15.5 Å². The summed E-state index contributed by atoms with van der Waals surface area (Å²) in [7, 11) is 4.06. The number of amidine groups is 1. The van der Waals surface area contributed by atoms with E-state index in [-0.39, 0.29) is 5.84 Å². The highest BCUT2D eigenvalue weighted by atomic mass is 15.4. The summed E-state index contributed by atoms with van der Waals surface area (Å²) >= 11 is 0. The predicted octanol–water partition coefficient (Wildman–Crippen LogP) is 0.154. The summed E-state index contributed by atoms with van der Waals surface area (Å²) in [5.74, 6) is 1.09. The minimum atomic E-state index is 0.105. The zero-order valence-corrected chi connectivity index (χ0v) is 11.4. The average Bonchev–Trinajstić information content (AvgIpc) is 2.46. The van der Waals surface area contributed by atoms with Crippen molar-refractivity contribution in [2.45, 2.75) is 13.3 Å². The van der Waals surface area contributed by atoms with Crippen LogP contribution in [-0.2, 0) is 7.05 Å². The minimum absolute atomic E-state index is 0.105. The number of hydrogen-bond donors (Lipinski definition) is 2. The third-order valence-electron chi connectivity index (χ3n) is 3.48. The number of aromatic nitrogens is 2. The topological polar surface area (TPSA) is 74.2 Å². The van der Waals surface area contributed by atoms with E-state index >= 15 is 0 Å². The van der Waals surface area contributed by atoms with Gasteiger partial charge in [-0.3, -0.25) is 10.1 Å². The normalized spacial score (nSPS) is 17.8. The Morgan fingerprint density at radius 2 is 1.94 bits per heavy atom. The maximum atomic E-state index is 7.73. The summed E-state index contributed by atoms with van der Waals surface area (Å²) in [5, 5.41) is 12.1. The molecule has 1 aliphatic heterocycles. The van der Waals surface area contributed by atoms with E-state index in [0.717, 1.165) is 49.7 Å². The first-order valence-corrected chi connectivity index (χ1v) is 6.32. The van der Waals surface area contributed by atoms with E-state index in [2.05, 4.69) is 21.9 Å². The Bertz CT molecular complexity index is 450. The van der Waals surface area contributed by atoms with Gasteiger partial charge in [-0.15, -0.1) is 0 Å². The summed E-state index contributed by atoms with van der Waals surface area (Å²) in [4.78, 5) is 4.62. The molecule has 0 radical (unpaired) electrons. The van der Waals surface area contributed by atoms with Crippen molar-refractivity contribution in [3.8, 4) is 0 Å². The molecule has 1 fully saturated rings. The fourth-order valence-corrected chi connectivity index (χ4v) is 2.58. The highest BCUT2D eigenvalue weighted by Gasteiger charge is 2.22. The monoisotopic (exact) mass is 250 g/mol. The predicted molar refractivity (Wildman–Crippen MR) is 73.3 cm³/mol. The second kappa shape index (κ2) is 4.97. The summed E-state index contributed by atoms with van der Waals surface area (Å²) in [6.07, 6.45) is 1.12. The van der Waals surface area contributed by atoms with E-state index in [4.69, 9.17) is 11.1 Å². The Kier molecular flexibility index (Phi) is 3.56. The lowest BCUT2D eigenvalue weighted by Crippen LogP contribution is -2.32. The van der Waals surface area contributed by atoms with Crippen molar-refractivity contribution in [3.63, 3.8) is 0 Å². The molecule has 18 heavy (non-hydrogen) atoms. The Morgan fingerprint density at radius 1 is 1.22 bits per heavy atom. The number of nitrogens with one attached hydrogen (secondary N) is 1. The number of nitrogens with zero attached hydrogens (tertiary/aromatic N) is 4. The average molecular weight is 250 g/mol. The van der Waals surface area contributed by atoms with Crippen molar-refractivity contribution in [2.75, 3.05) is 38.1 Å². The third-order valence-corrected chi connectivity index (χ3v) is 3.48. The van der Waals surface area contributed by atoms with E-state index in [1.165, 1.54) is 0 Å². The van der Waals surface area contributed by atoms with Crippen LogP contribution in [0.3, 0.4) is 0 Å². The van der Waals surface area contributed by atoms with Crippen LogP contribution in [0.5, 0.6) is 0 Å². The maximum Gasteiger partial charge on any atom is 0.137 e. The van der Waals surface area contributed by atoms with Crippen molar-refractivity contribution in [3.05, 3.63) is 11.3 Å². The number of nitrogen functional groups attached to an aromatic ring is 1. The molecule has 2 rings (SSSR count). The first kappa shape index (κ1) is 12.9. The molecular weight excluding hydrogens is 228 g/mol. The van der Waals surface area contributed by atoms with Crippen LogP contribution in [0.2, 0.25) is 0 Å². The number of hydrogen-bond acceptors (Lipinski definition) is 4. The highest BCUT2D eigenvalue weighted by Crippen LogP contribution is 2.23. The smallest absolute Gasteiger partial charge is 0.137 e. The van der Waals surface area contributed by atoms with E-state index < -0.39 is 0 Å². The van der Waals surface area contributed by atoms with Gasteiger partial charge in [0.15, 0.2) is 0 Å². The standard InChI is InChI=1S/C12H22N6/c1-9-10(11(13)14)12(17(3)15-9)18-6-4-5-16(2)7-8-18/h4-8H2,1-3H3,(H3,13,14). The molecule has 6 heteroatoms. The molecule has 0 spiro atoms. The Balaban J connectivity index is 2.34. The van der Waals surface area contributed by atoms with Crippen molar-refractivity contribution in [1.82, 2.24) is 14.7 Å². The molecule has 6 nitrogen and oxygen atoms in total. The third kappa shape index (κ3) is 2.33. The lowest BCUT2D eigenvalue weighted by Gasteiger charge is -2.23. The highest BCUT2D eigenvalue weighted by molar-refractivity contribution is 6.00. The largest absolute Gasteiger partial charge is 0.384 e. The Labute approximate surface area is 108 Å². The molecule has 0 saturated carbocycles. The van der Waals surface area contributed by atoms with Crippen LogP contribution in [0.25, 0.3) is 0 Å². The molecule has 2 heterocycles. The number of nitrogens with two attached hydrogens (primary N) is 1. The summed E-state index contributed by atoms with van der Waals surface area (Å²) < 4.78 is 1.84. The van der Waals surface area contributed by atoms with Crippen molar-refractivity contribution in [2.24, 2.45) is 12.8 Å². The van der Waals surface area contributed by atoms with E-state index in [0.29, 0.717) is 0 Å². The second-order valence-electron chi connectivity index (χ2n) is 4.97. The van der Waals surface area contributed by atoms with Crippen LogP contribution in [0.1, 0.15) is 17.7 Å². The SMILES string of the molecule is Cc1nn(C)c(N2CCCN(C)CC2)c1C(=N)N. The molecule has 0 aromatic carbocycles. The molecular formula is C12H22N6.